The summed E-state index contributed by atoms with van der Waals surface area (Å²) in [4.78, 5) is 0. The average molecular weight is 127 g/mol. The topological polar surface area (TPSA) is 32.3 Å². The van der Waals surface area contributed by atoms with E-state index in [0.29, 0.717) is 12.5 Å². The predicted octanol–water partition coefficient (Wildman–Crippen LogP) is -0.166. The molecule has 0 aromatic carbocycles. The summed E-state index contributed by atoms with van der Waals surface area (Å²) in [6.45, 7) is 2.75. The van der Waals surface area contributed by atoms with E-state index in [1.807, 2.05) is 0 Å². The van der Waals surface area contributed by atoms with E-state index in [0.717, 1.165) is 18.4 Å². The fourth-order valence-corrected chi connectivity index (χ4v) is 2.14. The molecule has 2 N–H and O–H groups in total. The highest BCUT2D eigenvalue weighted by atomic mass is 16.3. The molecule has 9 heavy (non-hydrogen) atoms. The second-order valence-electron chi connectivity index (χ2n) is 3.26. The molecule has 1 aliphatic heterocycles. The highest BCUT2D eigenvalue weighted by Gasteiger charge is 2.42. The third-order valence-electron chi connectivity index (χ3n) is 2.84. The van der Waals surface area contributed by atoms with Gasteiger partial charge in [-0.2, -0.15) is 0 Å². The molecule has 0 aromatic rings. The van der Waals surface area contributed by atoms with E-state index in [1.54, 1.807) is 0 Å². The molecule has 0 unspecified atom stereocenters. The Hall–Kier alpha value is -0.0800. The summed E-state index contributed by atoms with van der Waals surface area (Å²) in [5.41, 5.74) is 0. The zero-order valence-electron chi connectivity index (χ0n) is 5.51. The molecule has 1 saturated heterocycles. The lowest BCUT2D eigenvalue weighted by Crippen LogP contribution is -2.37. The van der Waals surface area contributed by atoms with Crippen molar-refractivity contribution in [2.45, 2.75) is 6.42 Å². The Balaban J connectivity index is 1.93. The molecule has 0 bridgehead atoms. The molecule has 2 rings (SSSR count). The van der Waals surface area contributed by atoms with Gasteiger partial charge in [-0.3, -0.25) is 0 Å². The van der Waals surface area contributed by atoms with Gasteiger partial charge in [-0.05, 0) is 37.3 Å². The number of aliphatic hydroxyl groups excluding tert-OH is 1. The van der Waals surface area contributed by atoms with Gasteiger partial charge in [0, 0.05) is 6.61 Å². The van der Waals surface area contributed by atoms with Crippen molar-refractivity contribution in [2.24, 2.45) is 17.8 Å². The highest BCUT2D eigenvalue weighted by Crippen LogP contribution is 2.41. The van der Waals surface area contributed by atoms with Crippen molar-refractivity contribution in [3.8, 4) is 0 Å². The fourth-order valence-electron chi connectivity index (χ4n) is 2.14. The third kappa shape index (κ3) is 0.700. The van der Waals surface area contributed by atoms with Gasteiger partial charge in [-0.15, -0.1) is 0 Å². The Labute approximate surface area is 55.3 Å². The van der Waals surface area contributed by atoms with E-state index >= 15 is 0 Å². The number of hydrogen-bond acceptors (Lipinski definition) is 2. The molecule has 2 heteroatoms. The fraction of sp³-hybridized carbons (Fsp3) is 1.00. The van der Waals surface area contributed by atoms with Crippen molar-refractivity contribution >= 4 is 0 Å². The average Bonchev–Trinajstić information content (AvgIpc) is 2.14. The van der Waals surface area contributed by atoms with E-state index in [9.17, 15) is 0 Å². The zero-order valence-corrected chi connectivity index (χ0v) is 5.51. The van der Waals surface area contributed by atoms with Crippen LogP contribution in [0.4, 0.5) is 0 Å². The Morgan fingerprint density at radius 2 is 2.33 bits per heavy atom. The van der Waals surface area contributed by atoms with E-state index < -0.39 is 0 Å². The molecular formula is C7H13NO. The van der Waals surface area contributed by atoms with Crippen LogP contribution in [0.25, 0.3) is 0 Å². The molecule has 3 atom stereocenters. The van der Waals surface area contributed by atoms with Crippen LogP contribution in [0.1, 0.15) is 6.42 Å². The summed E-state index contributed by atoms with van der Waals surface area (Å²) < 4.78 is 0. The van der Waals surface area contributed by atoms with Crippen LogP contribution < -0.4 is 5.32 Å². The maximum absolute atomic E-state index is 8.81. The SMILES string of the molecule is OC[C@@H]1C[C@H]2CNC[C@H]12. The van der Waals surface area contributed by atoms with E-state index in [-0.39, 0.29) is 0 Å². The van der Waals surface area contributed by atoms with Gasteiger partial charge < -0.3 is 10.4 Å². The molecule has 1 aliphatic carbocycles. The molecule has 0 radical (unpaired) electrons. The van der Waals surface area contributed by atoms with Crippen LogP contribution in [0.5, 0.6) is 0 Å². The standard InChI is InChI=1S/C7H13NO/c9-4-6-1-5-2-8-3-7(5)6/h5-9H,1-4H2/t5-,6-,7-/m0/s1. The van der Waals surface area contributed by atoms with Gasteiger partial charge in [0.1, 0.15) is 0 Å². The summed E-state index contributed by atoms with van der Waals surface area (Å²) in [7, 11) is 0. The first-order valence-electron chi connectivity index (χ1n) is 3.73. The van der Waals surface area contributed by atoms with E-state index in [2.05, 4.69) is 5.32 Å². The van der Waals surface area contributed by atoms with Gasteiger partial charge in [0.15, 0.2) is 0 Å². The summed E-state index contributed by atoms with van der Waals surface area (Å²) in [6, 6.07) is 0. The number of nitrogens with one attached hydrogen (secondary N) is 1. The van der Waals surface area contributed by atoms with Crippen molar-refractivity contribution < 1.29 is 5.11 Å². The van der Waals surface area contributed by atoms with Crippen molar-refractivity contribution in [1.82, 2.24) is 5.32 Å². The Morgan fingerprint density at radius 3 is 3.00 bits per heavy atom. The molecule has 0 spiro atoms. The van der Waals surface area contributed by atoms with Gasteiger partial charge >= 0.3 is 0 Å². The maximum atomic E-state index is 8.81. The molecule has 2 nitrogen and oxygen atoms in total. The molecule has 2 aliphatic rings. The molecule has 0 aromatic heterocycles. The first-order valence-corrected chi connectivity index (χ1v) is 3.73. The highest BCUT2D eigenvalue weighted by molar-refractivity contribution is 4.95. The van der Waals surface area contributed by atoms with E-state index in [4.69, 9.17) is 5.11 Å². The summed E-state index contributed by atoms with van der Waals surface area (Å²) in [6.07, 6.45) is 1.26. The minimum Gasteiger partial charge on any atom is -0.396 e. The molecule has 1 saturated carbocycles. The van der Waals surface area contributed by atoms with E-state index in [1.165, 1.54) is 13.0 Å². The number of rotatable bonds is 1. The Bertz CT molecular complexity index is 115. The molecular weight excluding hydrogens is 114 g/mol. The van der Waals surface area contributed by atoms with Gasteiger partial charge in [0.05, 0.1) is 0 Å². The largest absolute Gasteiger partial charge is 0.396 e. The first-order chi connectivity index (χ1) is 4.42. The third-order valence-corrected chi connectivity index (χ3v) is 2.84. The van der Waals surface area contributed by atoms with Crippen LogP contribution in [0, 0.1) is 17.8 Å². The van der Waals surface area contributed by atoms with Gasteiger partial charge in [0.25, 0.3) is 0 Å². The maximum Gasteiger partial charge on any atom is 0.0462 e. The molecule has 52 valence electrons. The normalized spacial score (nSPS) is 48.3. The smallest absolute Gasteiger partial charge is 0.0462 e. The second kappa shape index (κ2) is 1.96. The minimum atomic E-state index is 0.406. The van der Waals surface area contributed by atoms with Gasteiger partial charge in [0.2, 0.25) is 0 Å². The monoisotopic (exact) mass is 127 g/mol. The molecule has 0 amide bonds. The quantitative estimate of drug-likeness (QED) is 0.513. The van der Waals surface area contributed by atoms with Crippen LogP contribution in [-0.4, -0.2) is 24.8 Å². The van der Waals surface area contributed by atoms with Crippen molar-refractivity contribution in [1.29, 1.82) is 0 Å². The lowest BCUT2D eigenvalue weighted by Gasteiger charge is -2.38. The van der Waals surface area contributed by atoms with Crippen LogP contribution in [0.2, 0.25) is 0 Å². The Kier molecular flexibility index (Phi) is 1.24. The Morgan fingerprint density at radius 1 is 1.44 bits per heavy atom. The van der Waals surface area contributed by atoms with Crippen molar-refractivity contribution in [3.63, 3.8) is 0 Å². The number of fused-ring (bicyclic) bond motifs is 1. The lowest BCUT2D eigenvalue weighted by molar-refractivity contribution is 0.0579. The van der Waals surface area contributed by atoms with Crippen molar-refractivity contribution in [2.75, 3.05) is 19.7 Å². The zero-order chi connectivity index (χ0) is 6.27. The minimum absolute atomic E-state index is 0.406. The van der Waals surface area contributed by atoms with Gasteiger partial charge in [-0.25, -0.2) is 0 Å². The van der Waals surface area contributed by atoms with Crippen molar-refractivity contribution in [3.05, 3.63) is 0 Å². The van der Waals surface area contributed by atoms with Crippen LogP contribution >= 0.6 is 0 Å². The summed E-state index contributed by atoms with van der Waals surface area (Å²) >= 11 is 0. The van der Waals surface area contributed by atoms with Crippen LogP contribution in [0.3, 0.4) is 0 Å². The summed E-state index contributed by atoms with van der Waals surface area (Å²) in [5.74, 6) is 2.35. The predicted molar refractivity (Wildman–Crippen MR) is 35.0 cm³/mol. The number of aliphatic hydroxyl groups is 1. The molecule has 1 heterocycles. The van der Waals surface area contributed by atoms with Gasteiger partial charge in [-0.1, -0.05) is 0 Å². The summed E-state index contributed by atoms with van der Waals surface area (Å²) in [5, 5.41) is 12.1. The van der Waals surface area contributed by atoms with Crippen LogP contribution in [0.15, 0.2) is 0 Å². The molecule has 2 fully saturated rings. The van der Waals surface area contributed by atoms with Crippen LogP contribution in [-0.2, 0) is 0 Å². The first kappa shape index (κ1) is 5.69. The number of hydrogen-bond donors (Lipinski definition) is 2. The second-order valence-corrected chi connectivity index (χ2v) is 3.26. The lowest BCUT2D eigenvalue weighted by atomic mass is 9.67.